The summed E-state index contributed by atoms with van der Waals surface area (Å²) >= 11 is 0. The van der Waals surface area contributed by atoms with E-state index in [0.29, 0.717) is 5.92 Å². The lowest BCUT2D eigenvalue weighted by molar-refractivity contribution is -0.274. The lowest BCUT2D eigenvalue weighted by Gasteiger charge is -2.38. The molecule has 1 aliphatic carbocycles. The molecule has 1 aliphatic heterocycles. The van der Waals surface area contributed by atoms with E-state index in [4.69, 9.17) is 5.73 Å². The lowest BCUT2D eigenvalue weighted by Crippen LogP contribution is -2.29. The maximum absolute atomic E-state index is 12.5. The van der Waals surface area contributed by atoms with Crippen molar-refractivity contribution in [1.82, 2.24) is 0 Å². The van der Waals surface area contributed by atoms with Crippen molar-refractivity contribution in [2.24, 2.45) is 5.92 Å². The number of ether oxygens (including phenoxy) is 1. The lowest BCUT2D eigenvalue weighted by atomic mass is 9.77. The SMILES string of the molecule is Nc1ccccc1C1Nc2ccc(OC(F)(F)F)cc2C2CCCC21. The van der Waals surface area contributed by atoms with E-state index in [-0.39, 0.29) is 17.7 Å². The molecule has 0 saturated heterocycles. The van der Waals surface area contributed by atoms with Crippen LogP contribution in [0, 0.1) is 5.92 Å². The van der Waals surface area contributed by atoms with Crippen molar-refractivity contribution in [3.05, 3.63) is 53.6 Å². The summed E-state index contributed by atoms with van der Waals surface area (Å²) in [5.41, 5.74) is 9.74. The number of anilines is 2. The summed E-state index contributed by atoms with van der Waals surface area (Å²) in [4.78, 5) is 0. The average molecular weight is 348 g/mol. The van der Waals surface area contributed by atoms with Gasteiger partial charge in [0.15, 0.2) is 0 Å². The van der Waals surface area contributed by atoms with E-state index >= 15 is 0 Å². The number of rotatable bonds is 2. The van der Waals surface area contributed by atoms with Crippen molar-refractivity contribution in [1.29, 1.82) is 0 Å². The molecular formula is C19H19F3N2O. The quantitative estimate of drug-likeness (QED) is 0.732. The molecule has 132 valence electrons. The Morgan fingerprint density at radius 2 is 1.84 bits per heavy atom. The van der Waals surface area contributed by atoms with Gasteiger partial charge in [0.25, 0.3) is 0 Å². The van der Waals surface area contributed by atoms with Crippen molar-refractivity contribution < 1.29 is 17.9 Å². The molecule has 0 bridgehead atoms. The van der Waals surface area contributed by atoms with Crippen LogP contribution in [0.2, 0.25) is 0 Å². The molecule has 1 saturated carbocycles. The Hall–Kier alpha value is -2.37. The predicted molar refractivity (Wildman–Crippen MR) is 90.4 cm³/mol. The third-order valence-electron chi connectivity index (χ3n) is 5.30. The van der Waals surface area contributed by atoms with Gasteiger partial charge in [0, 0.05) is 11.4 Å². The molecule has 3 unspecified atom stereocenters. The van der Waals surface area contributed by atoms with E-state index < -0.39 is 6.36 Å². The van der Waals surface area contributed by atoms with Gasteiger partial charge < -0.3 is 15.8 Å². The van der Waals surface area contributed by atoms with E-state index in [9.17, 15) is 13.2 Å². The first-order valence-corrected chi connectivity index (χ1v) is 8.43. The number of para-hydroxylation sites is 1. The minimum Gasteiger partial charge on any atom is -0.406 e. The highest BCUT2D eigenvalue weighted by atomic mass is 19.4. The van der Waals surface area contributed by atoms with E-state index in [0.717, 1.165) is 41.8 Å². The van der Waals surface area contributed by atoms with Gasteiger partial charge in [-0.1, -0.05) is 24.6 Å². The molecule has 1 fully saturated rings. The average Bonchev–Trinajstić information content (AvgIpc) is 3.03. The molecule has 0 aromatic heterocycles. The Kier molecular flexibility index (Phi) is 3.78. The summed E-state index contributed by atoms with van der Waals surface area (Å²) in [7, 11) is 0. The van der Waals surface area contributed by atoms with Crippen LogP contribution in [0.25, 0.3) is 0 Å². The van der Waals surface area contributed by atoms with E-state index in [2.05, 4.69) is 10.1 Å². The molecular weight excluding hydrogens is 329 g/mol. The summed E-state index contributed by atoms with van der Waals surface area (Å²) in [6.45, 7) is 0. The summed E-state index contributed by atoms with van der Waals surface area (Å²) in [6, 6.07) is 12.4. The zero-order chi connectivity index (χ0) is 17.6. The Labute approximate surface area is 144 Å². The fourth-order valence-corrected chi connectivity index (χ4v) is 4.33. The zero-order valence-corrected chi connectivity index (χ0v) is 13.5. The maximum Gasteiger partial charge on any atom is 0.573 e. The number of nitrogen functional groups attached to an aromatic ring is 1. The second-order valence-electron chi connectivity index (χ2n) is 6.75. The van der Waals surface area contributed by atoms with Gasteiger partial charge in [0.05, 0.1) is 6.04 Å². The van der Waals surface area contributed by atoms with Crippen molar-refractivity contribution in [2.75, 3.05) is 11.1 Å². The minimum atomic E-state index is -4.67. The number of alkyl halides is 3. The number of nitrogens with two attached hydrogens (primary N) is 1. The fourth-order valence-electron chi connectivity index (χ4n) is 4.33. The Balaban J connectivity index is 1.72. The van der Waals surface area contributed by atoms with Gasteiger partial charge in [-0.25, -0.2) is 0 Å². The van der Waals surface area contributed by atoms with Crippen LogP contribution in [-0.2, 0) is 0 Å². The predicted octanol–water partition coefficient (Wildman–Crippen LogP) is 5.22. The Bertz CT molecular complexity index is 790. The monoisotopic (exact) mass is 348 g/mol. The molecule has 3 atom stereocenters. The first-order valence-electron chi connectivity index (χ1n) is 8.43. The number of nitrogens with one attached hydrogen (secondary N) is 1. The number of halogens is 3. The molecule has 25 heavy (non-hydrogen) atoms. The van der Waals surface area contributed by atoms with Crippen LogP contribution in [0.1, 0.15) is 42.3 Å². The van der Waals surface area contributed by atoms with Crippen molar-refractivity contribution in [3.8, 4) is 5.75 Å². The topological polar surface area (TPSA) is 47.3 Å². The fraction of sp³-hybridized carbons (Fsp3) is 0.368. The normalized spacial score (nSPS) is 25.0. The summed E-state index contributed by atoms with van der Waals surface area (Å²) in [5, 5.41) is 3.50. The van der Waals surface area contributed by atoms with Crippen molar-refractivity contribution >= 4 is 11.4 Å². The highest BCUT2D eigenvalue weighted by Crippen LogP contribution is 2.54. The summed E-state index contributed by atoms with van der Waals surface area (Å²) in [6.07, 6.45) is -1.62. The van der Waals surface area contributed by atoms with Crippen molar-refractivity contribution in [3.63, 3.8) is 0 Å². The third-order valence-corrected chi connectivity index (χ3v) is 5.30. The van der Waals surface area contributed by atoms with Gasteiger partial charge >= 0.3 is 6.36 Å². The second kappa shape index (κ2) is 5.86. The number of hydrogen-bond donors (Lipinski definition) is 2. The van der Waals surface area contributed by atoms with Gasteiger partial charge in [-0.05, 0) is 60.1 Å². The van der Waals surface area contributed by atoms with Crippen LogP contribution >= 0.6 is 0 Å². The highest BCUT2D eigenvalue weighted by molar-refractivity contribution is 5.62. The molecule has 4 rings (SSSR count). The first kappa shape index (κ1) is 16.1. The van der Waals surface area contributed by atoms with E-state index in [1.54, 1.807) is 6.07 Å². The zero-order valence-electron chi connectivity index (χ0n) is 13.5. The smallest absolute Gasteiger partial charge is 0.406 e. The van der Waals surface area contributed by atoms with Crippen LogP contribution in [0.5, 0.6) is 5.75 Å². The standard InChI is InChI=1S/C19H19F3N2O/c20-19(21,22)25-11-8-9-17-15(10-11)12-5-3-6-13(12)18(24-17)14-4-1-2-7-16(14)23/h1-2,4,7-10,12-13,18,24H,3,5-6,23H2. The van der Waals surface area contributed by atoms with Gasteiger partial charge in [-0.3, -0.25) is 0 Å². The molecule has 2 aromatic carbocycles. The van der Waals surface area contributed by atoms with Crippen LogP contribution in [0.15, 0.2) is 42.5 Å². The minimum absolute atomic E-state index is 0.0792. The Morgan fingerprint density at radius 1 is 1.04 bits per heavy atom. The van der Waals surface area contributed by atoms with Gasteiger partial charge in [-0.2, -0.15) is 0 Å². The van der Waals surface area contributed by atoms with Gasteiger partial charge in [-0.15, -0.1) is 13.2 Å². The number of benzene rings is 2. The molecule has 0 spiro atoms. The first-order chi connectivity index (χ1) is 11.9. The molecule has 0 radical (unpaired) electrons. The molecule has 2 aliphatic rings. The highest BCUT2D eigenvalue weighted by Gasteiger charge is 2.41. The number of hydrogen-bond acceptors (Lipinski definition) is 3. The second-order valence-corrected chi connectivity index (χ2v) is 6.75. The molecule has 0 amide bonds. The van der Waals surface area contributed by atoms with Crippen LogP contribution < -0.4 is 15.8 Å². The Morgan fingerprint density at radius 3 is 2.60 bits per heavy atom. The summed E-state index contributed by atoms with van der Waals surface area (Å²) in [5.74, 6) is 0.382. The molecule has 2 aromatic rings. The van der Waals surface area contributed by atoms with E-state index in [1.807, 2.05) is 24.3 Å². The van der Waals surface area contributed by atoms with Crippen LogP contribution in [-0.4, -0.2) is 6.36 Å². The van der Waals surface area contributed by atoms with Gasteiger partial charge in [0.2, 0.25) is 0 Å². The van der Waals surface area contributed by atoms with Crippen LogP contribution in [0.3, 0.4) is 0 Å². The summed E-state index contributed by atoms with van der Waals surface area (Å²) < 4.78 is 41.7. The van der Waals surface area contributed by atoms with Gasteiger partial charge in [0.1, 0.15) is 5.75 Å². The molecule has 1 heterocycles. The molecule has 3 nitrogen and oxygen atoms in total. The van der Waals surface area contributed by atoms with E-state index in [1.165, 1.54) is 12.1 Å². The van der Waals surface area contributed by atoms with Crippen molar-refractivity contribution in [2.45, 2.75) is 37.6 Å². The largest absolute Gasteiger partial charge is 0.573 e. The maximum atomic E-state index is 12.5. The number of fused-ring (bicyclic) bond motifs is 3. The molecule has 6 heteroatoms. The van der Waals surface area contributed by atoms with Crippen LogP contribution in [0.4, 0.5) is 24.5 Å². The molecule has 3 N–H and O–H groups in total. The third kappa shape index (κ3) is 3.01.